The van der Waals surface area contributed by atoms with Crippen LogP contribution in [0, 0.1) is 0 Å². The molecule has 3 aromatic heterocycles. The van der Waals surface area contributed by atoms with Crippen LogP contribution in [0.15, 0.2) is 53.3 Å². The maximum Gasteiger partial charge on any atom is 0.240 e. The molecule has 0 saturated carbocycles. The number of ether oxygens (including phenoxy) is 1. The van der Waals surface area contributed by atoms with E-state index in [2.05, 4.69) is 74.0 Å². The molecule has 0 atom stereocenters. The number of pyridine rings is 1. The Morgan fingerprint density at radius 3 is 2.68 bits per heavy atom. The minimum Gasteiger partial charge on any atom is -0.489 e. The van der Waals surface area contributed by atoms with Crippen molar-refractivity contribution in [1.82, 2.24) is 29.5 Å². The van der Waals surface area contributed by atoms with Gasteiger partial charge in [-0.2, -0.15) is 4.98 Å². The summed E-state index contributed by atoms with van der Waals surface area (Å²) in [6.07, 6.45) is 6.83. The quantitative estimate of drug-likeness (QED) is 0.392. The Labute approximate surface area is 200 Å². The molecule has 5 rings (SSSR count). The van der Waals surface area contributed by atoms with E-state index in [-0.39, 0.29) is 6.10 Å². The SMILES string of the molecule is CCc1noc(CN2CCC(Oc3ccc(-n4ccc5cc(CN(C)C)ccc54)nc3)CC2)n1. The van der Waals surface area contributed by atoms with Gasteiger partial charge in [-0.25, -0.2) is 4.98 Å². The molecule has 0 radical (unpaired) electrons. The minimum atomic E-state index is 0.195. The van der Waals surface area contributed by atoms with Crippen molar-refractivity contribution >= 4 is 10.9 Å². The molecule has 0 N–H and O–H groups in total. The van der Waals surface area contributed by atoms with E-state index in [0.29, 0.717) is 12.4 Å². The fourth-order valence-corrected chi connectivity index (χ4v) is 4.51. The average Bonchev–Trinajstić information content (AvgIpc) is 3.47. The minimum absolute atomic E-state index is 0.195. The normalized spacial score (nSPS) is 15.4. The molecule has 1 saturated heterocycles. The third-order valence-electron chi connectivity index (χ3n) is 6.24. The van der Waals surface area contributed by atoms with Crippen molar-refractivity contribution in [2.75, 3.05) is 27.2 Å². The number of fused-ring (bicyclic) bond motifs is 1. The van der Waals surface area contributed by atoms with Gasteiger partial charge in [-0.1, -0.05) is 18.1 Å². The molecule has 1 aliphatic heterocycles. The molecule has 0 aliphatic carbocycles. The van der Waals surface area contributed by atoms with Crippen molar-refractivity contribution in [1.29, 1.82) is 0 Å². The maximum absolute atomic E-state index is 6.23. The molecule has 1 aromatic carbocycles. The summed E-state index contributed by atoms with van der Waals surface area (Å²) in [4.78, 5) is 13.6. The van der Waals surface area contributed by atoms with Crippen molar-refractivity contribution < 1.29 is 9.26 Å². The van der Waals surface area contributed by atoms with Gasteiger partial charge in [-0.05, 0) is 62.8 Å². The molecule has 8 heteroatoms. The number of aryl methyl sites for hydroxylation is 1. The number of hydrogen-bond donors (Lipinski definition) is 0. The van der Waals surface area contributed by atoms with Crippen LogP contribution in [0.3, 0.4) is 0 Å². The smallest absolute Gasteiger partial charge is 0.240 e. The Morgan fingerprint density at radius 2 is 1.97 bits per heavy atom. The first-order valence-corrected chi connectivity index (χ1v) is 12.0. The van der Waals surface area contributed by atoms with Gasteiger partial charge in [0.1, 0.15) is 17.7 Å². The second-order valence-corrected chi connectivity index (χ2v) is 9.22. The zero-order valence-corrected chi connectivity index (χ0v) is 20.1. The molecule has 0 unspecified atom stereocenters. The fourth-order valence-electron chi connectivity index (χ4n) is 4.51. The molecular weight excluding hydrogens is 428 g/mol. The Morgan fingerprint density at radius 1 is 1.12 bits per heavy atom. The average molecular weight is 461 g/mol. The van der Waals surface area contributed by atoms with Gasteiger partial charge in [-0.15, -0.1) is 0 Å². The highest BCUT2D eigenvalue weighted by Gasteiger charge is 2.22. The van der Waals surface area contributed by atoms with Gasteiger partial charge < -0.3 is 18.7 Å². The predicted octanol–water partition coefficient (Wildman–Crippen LogP) is 4.08. The van der Waals surface area contributed by atoms with Crippen LogP contribution >= 0.6 is 0 Å². The topological polar surface area (TPSA) is 72.5 Å². The predicted molar refractivity (Wildman–Crippen MR) is 131 cm³/mol. The molecule has 4 heterocycles. The summed E-state index contributed by atoms with van der Waals surface area (Å²) in [7, 11) is 4.17. The van der Waals surface area contributed by atoms with E-state index in [9.17, 15) is 0 Å². The lowest BCUT2D eigenvalue weighted by Gasteiger charge is -2.31. The Balaban J connectivity index is 1.17. The van der Waals surface area contributed by atoms with E-state index in [1.54, 1.807) is 0 Å². The van der Waals surface area contributed by atoms with Crippen molar-refractivity contribution in [2.45, 2.75) is 45.4 Å². The second kappa shape index (κ2) is 9.95. The van der Waals surface area contributed by atoms with E-state index in [0.717, 1.165) is 61.8 Å². The molecule has 0 amide bonds. The van der Waals surface area contributed by atoms with E-state index < -0.39 is 0 Å². The third kappa shape index (κ3) is 5.13. The number of benzene rings is 1. The summed E-state index contributed by atoms with van der Waals surface area (Å²) >= 11 is 0. The fraction of sp³-hybridized carbons (Fsp3) is 0.423. The molecule has 1 aliphatic rings. The van der Waals surface area contributed by atoms with E-state index in [4.69, 9.17) is 9.26 Å². The van der Waals surface area contributed by atoms with E-state index in [1.807, 2.05) is 25.3 Å². The third-order valence-corrected chi connectivity index (χ3v) is 6.24. The summed E-state index contributed by atoms with van der Waals surface area (Å²) in [5.74, 6) is 3.17. The first-order chi connectivity index (χ1) is 16.6. The summed E-state index contributed by atoms with van der Waals surface area (Å²) in [5.41, 5.74) is 2.46. The van der Waals surface area contributed by atoms with Crippen LogP contribution in [-0.4, -0.2) is 62.8 Å². The molecular formula is C26H32N6O2. The molecule has 0 bridgehead atoms. The van der Waals surface area contributed by atoms with Gasteiger partial charge >= 0.3 is 0 Å². The van der Waals surface area contributed by atoms with E-state index in [1.165, 1.54) is 10.9 Å². The molecule has 178 valence electrons. The first-order valence-electron chi connectivity index (χ1n) is 12.0. The largest absolute Gasteiger partial charge is 0.489 e. The van der Waals surface area contributed by atoms with Gasteiger partial charge in [0.15, 0.2) is 5.82 Å². The zero-order valence-electron chi connectivity index (χ0n) is 20.1. The van der Waals surface area contributed by atoms with Gasteiger partial charge in [-0.3, -0.25) is 4.90 Å². The highest BCUT2D eigenvalue weighted by molar-refractivity contribution is 5.82. The molecule has 34 heavy (non-hydrogen) atoms. The van der Waals surface area contributed by atoms with Gasteiger partial charge in [0, 0.05) is 37.6 Å². The molecule has 4 aromatic rings. The summed E-state index contributed by atoms with van der Waals surface area (Å²) in [6, 6.07) is 12.8. The van der Waals surface area contributed by atoms with Crippen LogP contribution < -0.4 is 4.74 Å². The maximum atomic E-state index is 6.23. The highest BCUT2D eigenvalue weighted by atomic mass is 16.5. The molecule has 0 spiro atoms. The lowest BCUT2D eigenvalue weighted by Crippen LogP contribution is -2.37. The van der Waals surface area contributed by atoms with Crippen LogP contribution in [-0.2, 0) is 19.5 Å². The van der Waals surface area contributed by atoms with Crippen LogP contribution in [0.2, 0.25) is 0 Å². The summed E-state index contributed by atoms with van der Waals surface area (Å²) < 4.78 is 13.7. The number of likely N-dealkylation sites (tertiary alicyclic amines) is 1. The second-order valence-electron chi connectivity index (χ2n) is 9.22. The van der Waals surface area contributed by atoms with Crippen LogP contribution in [0.1, 0.15) is 37.0 Å². The number of nitrogens with zero attached hydrogens (tertiary/aromatic N) is 6. The number of rotatable bonds is 8. The van der Waals surface area contributed by atoms with E-state index >= 15 is 0 Å². The molecule has 8 nitrogen and oxygen atoms in total. The van der Waals surface area contributed by atoms with Gasteiger partial charge in [0.25, 0.3) is 0 Å². The molecule has 1 fully saturated rings. The Kier molecular flexibility index (Phi) is 6.60. The van der Waals surface area contributed by atoms with Crippen LogP contribution in [0.4, 0.5) is 0 Å². The van der Waals surface area contributed by atoms with Crippen molar-refractivity contribution in [3.05, 3.63) is 66.1 Å². The number of aromatic nitrogens is 4. The number of piperidine rings is 1. The standard InChI is InChI=1S/C26H32N6O2/c1-4-24-28-26(34-29-24)18-31-12-10-21(11-13-31)33-22-6-8-25(27-16-22)32-14-9-20-15-19(17-30(2)3)5-7-23(20)32/h5-9,14-16,21H,4,10-13,17-18H2,1-3H3. The Bertz CT molecular complexity index is 1220. The number of hydrogen-bond acceptors (Lipinski definition) is 7. The van der Waals surface area contributed by atoms with Crippen molar-refractivity contribution in [2.24, 2.45) is 0 Å². The van der Waals surface area contributed by atoms with Gasteiger partial charge in [0.05, 0.1) is 18.3 Å². The highest BCUT2D eigenvalue weighted by Crippen LogP contribution is 2.24. The van der Waals surface area contributed by atoms with Crippen LogP contribution in [0.5, 0.6) is 5.75 Å². The zero-order chi connectivity index (χ0) is 23.5. The van der Waals surface area contributed by atoms with Crippen molar-refractivity contribution in [3.63, 3.8) is 0 Å². The summed E-state index contributed by atoms with van der Waals surface area (Å²) in [5, 5.41) is 5.20. The lowest BCUT2D eigenvalue weighted by atomic mass is 10.1. The Hall–Kier alpha value is -3.23. The van der Waals surface area contributed by atoms with Gasteiger partial charge in [0.2, 0.25) is 5.89 Å². The lowest BCUT2D eigenvalue weighted by molar-refractivity contribution is 0.0901. The van der Waals surface area contributed by atoms with Crippen LogP contribution in [0.25, 0.3) is 16.7 Å². The van der Waals surface area contributed by atoms with Crippen molar-refractivity contribution in [3.8, 4) is 11.6 Å². The monoisotopic (exact) mass is 460 g/mol. The summed E-state index contributed by atoms with van der Waals surface area (Å²) in [6.45, 7) is 5.57. The first kappa shape index (κ1) is 22.6.